The van der Waals surface area contributed by atoms with E-state index in [1.807, 2.05) is 6.07 Å². The van der Waals surface area contributed by atoms with Crippen LogP contribution in [0.4, 0.5) is 0 Å². The van der Waals surface area contributed by atoms with E-state index in [2.05, 4.69) is 25.2 Å². The molecule has 2 aromatic rings. The van der Waals surface area contributed by atoms with E-state index in [1.54, 1.807) is 6.20 Å². The highest BCUT2D eigenvalue weighted by Crippen LogP contribution is 2.07. The van der Waals surface area contributed by atoms with Gasteiger partial charge in [-0.2, -0.15) is 10.3 Å². The fraction of sp³-hybridized carbons (Fsp3) is 0.286. The summed E-state index contributed by atoms with van der Waals surface area (Å²) in [5, 5.41) is 10.3. The first-order chi connectivity index (χ1) is 6.40. The monoisotopic (exact) mass is 179 g/mol. The number of H-pyrrole nitrogens is 1. The van der Waals surface area contributed by atoms with Gasteiger partial charge in [0.25, 0.3) is 0 Å². The molecule has 0 bridgehead atoms. The number of hydrogen-bond acceptors (Lipinski definition) is 5. The molecule has 0 aliphatic carbocycles. The molecule has 0 aromatic carbocycles. The van der Waals surface area contributed by atoms with E-state index >= 15 is 0 Å². The van der Waals surface area contributed by atoms with Crippen molar-refractivity contribution in [3.8, 4) is 0 Å². The molecular weight excluding hydrogens is 170 g/mol. The molecule has 2 rings (SSSR count). The first-order valence-electron chi connectivity index (χ1n) is 3.87. The van der Waals surface area contributed by atoms with Gasteiger partial charge in [0.05, 0.1) is 6.61 Å². The number of aromatic nitrogens is 4. The molecule has 2 aromatic heterocycles. The third kappa shape index (κ3) is 1.63. The first-order valence-corrected chi connectivity index (χ1v) is 3.87. The number of nitrogens with zero attached hydrogens (tertiary/aromatic N) is 3. The van der Waals surface area contributed by atoms with Crippen LogP contribution in [0.2, 0.25) is 0 Å². The molecule has 0 unspecified atom stereocenters. The molecule has 6 nitrogen and oxygen atoms in total. The predicted octanol–water partition coefficient (Wildman–Crippen LogP) is -0.214. The Kier molecular flexibility index (Phi) is 2.15. The predicted molar refractivity (Wildman–Crippen MR) is 45.5 cm³/mol. The van der Waals surface area contributed by atoms with Gasteiger partial charge in [-0.05, 0) is 18.1 Å². The standard InChI is InChI=1S/C7H9N5O/c8-13-2-1-5-3-6-7(9-4-5)11-12-10-6/h3-4H,1-2,8H2,(H,9,10,11,12). The average molecular weight is 179 g/mol. The van der Waals surface area contributed by atoms with Crippen molar-refractivity contribution in [2.75, 3.05) is 6.61 Å². The number of nitrogens with two attached hydrogens (primary N) is 1. The number of pyridine rings is 1. The van der Waals surface area contributed by atoms with Crippen molar-refractivity contribution >= 4 is 11.2 Å². The fourth-order valence-electron chi connectivity index (χ4n) is 1.10. The lowest BCUT2D eigenvalue weighted by atomic mass is 10.2. The van der Waals surface area contributed by atoms with Gasteiger partial charge in [-0.1, -0.05) is 0 Å². The van der Waals surface area contributed by atoms with Crippen LogP contribution in [0.25, 0.3) is 11.2 Å². The van der Waals surface area contributed by atoms with Gasteiger partial charge in [0.1, 0.15) is 5.52 Å². The molecular formula is C7H9N5O. The Hall–Kier alpha value is -1.53. The number of rotatable bonds is 3. The summed E-state index contributed by atoms with van der Waals surface area (Å²) in [5.74, 6) is 4.91. The van der Waals surface area contributed by atoms with Crippen LogP contribution in [0.3, 0.4) is 0 Å². The fourth-order valence-corrected chi connectivity index (χ4v) is 1.10. The molecule has 2 heterocycles. The Bertz CT molecular complexity index is 398. The largest absolute Gasteiger partial charge is 0.304 e. The van der Waals surface area contributed by atoms with E-state index in [0.717, 1.165) is 17.5 Å². The number of hydrogen-bond donors (Lipinski definition) is 2. The molecule has 0 fully saturated rings. The molecule has 13 heavy (non-hydrogen) atoms. The Labute approximate surface area is 74.1 Å². The Morgan fingerprint density at radius 1 is 1.46 bits per heavy atom. The molecule has 0 aliphatic rings. The molecule has 0 saturated carbocycles. The lowest BCUT2D eigenvalue weighted by Gasteiger charge is -1.97. The van der Waals surface area contributed by atoms with Crippen LogP contribution in [0.1, 0.15) is 5.56 Å². The summed E-state index contributed by atoms with van der Waals surface area (Å²) >= 11 is 0. The van der Waals surface area contributed by atoms with E-state index in [9.17, 15) is 0 Å². The quantitative estimate of drug-likeness (QED) is 0.636. The van der Waals surface area contributed by atoms with Gasteiger partial charge in [-0.3, -0.25) is 0 Å². The molecule has 0 amide bonds. The van der Waals surface area contributed by atoms with Gasteiger partial charge in [-0.15, -0.1) is 5.10 Å². The highest BCUT2D eigenvalue weighted by Gasteiger charge is 2.00. The van der Waals surface area contributed by atoms with Gasteiger partial charge in [0.2, 0.25) is 5.65 Å². The maximum atomic E-state index is 4.91. The summed E-state index contributed by atoms with van der Waals surface area (Å²) in [6.07, 6.45) is 2.47. The average Bonchev–Trinajstić information content (AvgIpc) is 2.61. The zero-order valence-corrected chi connectivity index (χ0v) is 6.90. The first kappa shape index (κ1) is 8.09. The van der Waals surface area contributed by atoms with Gasteiger partial charge >= 0.3 is 0 Å². The van der Waals surface area contributed by atoms with Crippen molar-refractivity contribution < 1.29 is 4.84 Å². The maximum absolute atomic E-state index is 4.91. The summed E-state index contributed by atoms with van der Waals surface area (Å²) in [7, 11) is 0. The Morgan fingerprint density at radius 3 is 3.23 bits per heavy atom. The summed E-state index contributed by atoms with van der Waals surface area (Å²) < 4.78 is 0. The number of fused-ring (bicyclic) bond motifs is 1. The van der Waals surface area contributed by atoms with Crippen molar-refractivity contribution in [2.24, 2.45) is 5.90 Å². The highest BCUT2D eigenvalue weighted by atomic mass is 16.6. The molecule has 0 spiro atoms. The number of nitrogens with one attached hydrogen (secondary N) is 1. The lowest BCUT2D eigenvalue weighted by molar-refractivity contribution is 0.141. The van der Waals surface area contributed by atoms with E-state index in [4.69, 9.17) is 5.90 Å². The second-order valence-electron chi connectivity index (χ2n) is 2.63. The van der Waals surface area contributed by atoms with Gasteiger partial charge in [-0.25, -0.2) is 10.9 Å². The van der Waals surface area contributed by atoms with Crippen LogP contribution < -0.4 is 5.90 Å². The van der Waals surface area contributed by atoms with Gasteiger partial charge < -0.3 is 4.84 Å². The van der Waals surface area contributed by atoms with Crippen LogP contribution in [-0.4, -0.2) is 27.0 Å². The smallest absolute Gasteiger partial charge is 0.201 e. The topological polar surface area (TPSA) is 89.7 Å². The minimum atomic E-state index is 0.477. The second-order valence-corrected chi connectivity index (χ2v) is 2.63. The molecule has 0 saturated heterocycles. The third-order valence-corrected chi connectivity index (χ3v) is 1.74. The van der Waals surface area contributed by atoms with Crippen LogP contribution >= 0.6 is 0 Å². The minimum absolute atomic E-state index is 0.477. The number of aromatic amines is 1. The Morgan fingerprint density at radius 2 is 2.38 bits per heavy atom. The summed E-state index contributed by atoms with van der Waals surface area (Å²) in [6, 6.07) is 1.91. The summed E-state index contributed by atoms with van der Waals surface area (Å²) in [4.78, 5) is 8.56. The molecule has 68 valence electrons. The van der Waals surface area contributed by atoms with Crippen LogP contribution in [0.5, 0.6) is 0 Å². The molecule has 0 aliphatic heterocycles. The summed E-state index contributed by atoms with van der Waals surface area (Å²) in [5.41, 5.74) is 2.42. The van der Waals surface area contributed by atoms with Crippen LogP contribution in [0.15, 0.2) is 12.3 Å². The maximum Gasteiger partial charge on any atom is 0.201 e. The molecule has 0 atom stereocenters. The van der Waals surface area contributed by atoms with E-state index in [-0.39, 0.29) is 0 Å². The Balaban J connectivity index is 2.26. The molecule has 0 radical (unpaired) electrons. The van der Waals surface area contributed by atoms with Gasteiger partial charge in [0, 0.05) is 6.20 Å². The SMILES string of the molecule is NOCCc1cnc2n[nH]nc2c1. The van der Waals surface area contributed by atoms with Crippen molar-refractivity contribution in [3.05, 3.63) is 17.8 Å². The van der Waals surface area contributed by atoms with Gasteiger partial charge in [0.15, 0.2) is 0 Å². The van der Waals surface area contributed by atoms with E-state index in [0.29, 0.717) is 12.3 Å². The van der Waals surface area contributed by atoms with Crippen LogP contribution in [0, 0.1) is 0 Å². The molecule has 3 N–H and O–H groups in total. The van der Waals surface area contributed by atoms with Crippen molar-refractivity contribution in [2.45, 2.75) is 6.42 Å². The lowest BCUT2D eigenvalue weighted by Crippen LogP contribution is -2.03. The zero-order valence-electron chi connectivity index (χ0n) is 6.90. The third-order valence-electron chi connectivity index (χ3n) is 1.74. The van der Waals surface area contributed by atoms with Crippen molar-refractivity contribution in [1.82, 2.24) is 20.4 Å². The minimum Gasteiger partial charge on any atom is -0.304 e. The van der Waals surface area contributed by atoms with Crippen molar-refractivity contribution in [1.29, 1.82) is 0 Å². The van der Waals surface area contributed by atoms with Crippen molar-refractivity contribution in [3.63, 3.8) is 0 Å². The zero-order chi connectivity index (χ0) is 9.10. The van der Waals surface area contributed by atoms with E-state index < -0.39 is 0 Å². The molecule has 6 heteroatoms. The van der Waals surface area contributed by atoms with E-state index in [1.165, 1.54) is 0 Å². The summed E-state index contributed by atoms with van der Waals surface area (Å²) in [6.45, 7) is 0.477. The normalized spacial score (nSPS) is 10.8. The van der Waals surface area contributed by atoms with Crippen LogP contribution in [-0.2, 0) is 11.3 Å². The highest BCUT2D eigenvalue weighted by molar-refractivity contribution is 5.68. The second kappa shape index (κ2) is 3.46.